The van der Waals surface area contributed by atoms with Gasteiger partial charge < -0.3 is 5.32 Å². The molecule has 1 atom stereocenters. The SMILES string of the molecule is O=C1c2ccccc2S(=O)(=O)N1CCN1CCCC(NCc2cc(F)cc(F)c2)C1. The van der Waals surface area contributed by atoms with Gasteiger partial charge in [-0.3, -0.25) is 9.69 Å². The van der Waals surface area contributed by atoms with E-state index in [1.807, 2.05) is 0 Å². The van der Waals surface area contributed by atoms with Gasteiger partial charge in [-0.25, -0.2) is 21.5 Å². The molecule has 160 valence electrons. The van der Waals surface area contributed by atoms with Crippen LogP contribution in [0.5, 0.6) is 0 Å². The maximum absolute atomic E-state index is 13.3. The van der Waals surface area contributed by atoms with Crippen molar-refractivity contribution in [3.63, 3.8) is 0 Å². The van der Waals surface area contributed by atoms with Gasteiger partial charge in [0, 0.05) is 31.7 Å². The number of piperidine rings is 1. The van der Waals surface area contributed by atoms with Crippen LogP contribution in [-0.2, 0) is 16.6 Å². The van der Waals surface area contributed by atoms with Crippen molar-refractivity contribution in [1.29, 1.82) is 0 Å². The van der Waals surface area contributed by atoms with Crippen molar-refractivity contribution in [2.45, 2.75) is 30.3 Å². The number of nitrogens with zero attached hydrogens (tertiary/aromatic N) is 2. The summed E-state index contributed by atoms with van der Waals surface area (Å²) in [7, 11) is -3.79. The summed E-state index contributed by atoms with van der Waals surface area (Å²) in [5.41, 5.74) is 0.758. The molecule has 2 aliphatic rings. The lowest BCUT2D eigenvalue weighted by Crippen LogP contribution is -2.48. The highest BCUT2D eigenvalue weighted by Crippen LogP contribution is 2.29. The quantitative estimate of drug-likeness (QED) is 0.755. The first-order chi connectivity index (χ1) is 14.3. The molecule has 2 heterocycles. The van der Waals surface area contributed by atoms with E-state index in [1.54, 1.807) is 12.1 Å². The third-order valence-electron chi connectivity index (χ3n) is 5.55. The second-order valence-electron chi connectivity index (χ2n) is 7.68. The van der Waals surface area contributed by atoms with Crippen molar-refractivity contribution < 1.29 is 22.0 Å². The molecule has 2 aliphatic heterocycles. The highest BCUT2D eigenvalue weighted by Gasteiger charge is 2.40. The molecule has 30 heavy (non-hydrogen) atoms. The van der Waals surface area contributed by atoms with Crippen LogP contribution in [0.3, 0.4) is 0 Å². The molecule has 4 rings (SSSR count). The summed E-state index contributed by atoms with van der Waals surface area (Å²) in [5.74, 6) is -1.69. The third-order valence-corrected chi connectivity index (χ3v) is 7.39. The van der Waals surface area contributed by atoms with E-state index in [9.17, 15) is 22.0 Å². The second-order valence-corrected chi connectivity index (χ2v) is 9.51. The minimum atomic E-state index is -3.79. The number of rotatable bonds is 6. The van der Waals surface area contributed by atoms with Gasteiger partial charge in [0.1, 0.15) is 16.5 Å². The van der Waals surface area contributed by atoms with Crippen LogP contribution >= 0.6 is 0 Å². The summed E-state index contributed by atoms with van der Waals surface area (Å²) >= 11 is 0. The molecule has 1 fully saturated rings. The summed E-state index contributed by atoms with van der Waals surface area (Å²) < 4.78 is 52.9. The van der Waals surface area contributed by atoms with Crippen LogP contribution in [0.4, 0.5) is 8.78 Å². The molecule has 6 nitrogen and oxygen atoms in total. The van der Waals surface area contributed by atoms with Gasteiger partial charge in [0.15, 0.2) is 0 Å². The number of likely N-dealkylation sites (tertiary alicyclic amines) is 1. The van der Waals surface area contributed by atoms with E-state index in [-0.39, 0.29) is 23.0 Å². The number of hydrogen-bond acceptors (Lipinski definition) is 5. The molecule has 0 spiro atoms. The van der Waals surface area contributed by atoms with Crippen molar-refractivity contribution in [2.75, 3.05) is 26.2 Å². The summed E-state index contributed by atoms with van der Waals surface area (Å²) in [5, 5.41) is 3.32. The van der Waals surface area contributed by atoms with E-state index in [0.717, 1.165) is 29.8 Å². The topological polar surface area (TPSA) is 69.7 Å². The van der Waals surface area contributed by atoms with Gasteiger partial charge >= 0.3 is 0 Å². The Morgan fingerprint density at radius 3 is 2.53 bits per heavy atom. The summed E-state index contributed by atoms with van der Waals surface area (Å²) in [6.07, 6.45) is 1.83. The predicted octanol–water partition coefficient (Wildman–Crippen LogP) is 2.36. The molecule has 0 saturated carbocycles. The van der Waals surface area contributed by atoms with Crippen LogP contribution in [0.25, 0.3) is 0 Å². The van der Waals surface area contributed by atoms with Gasteiger partial charge in [0.2, 0.25) is 0 Å². The zero-order valence-electron chi connectivity index (χ0n) is 16.4. The number of fused-ring (bicyclic) bond motifs is 1. The molecule has 2 aromatic carbocycles. The fourth-order valence-electron chi connectivity index (χ4n) is 4.08. The minimum absolute atomic E-state index is 0.0653. The molecule has 0 radical (unpaired) electrons. The van der Waals surface area contributed by atoms with Gasteiger partial charge in [-0.1, -0.05) is 12.1 Å². The van der Waals surface area contributed by atoms with Crippen LogP contribution in [-0.4, -0.2) is 55.8 Å². The van der Waals surface area contributed by atoms with Gasteiger partial charge in [-0.2, -0.15) is 0 Å². The van der Waals surface area contributed by atoms with Crippen molar-refractivity contribution in [3.8, 4) is 0 Å². The van der Waals surface area contributed by atoms with Crippen molar-refractivity contribution in [1.82, 2.24) is 14.5 Å². The Morgan fingerprint density at radius 1 is 1.07 bits per heavy atom. The lowest BCUT2D eigenvalue weighted by Gasteiger charge is -2.34. The van der Waals surface area contributed by atoms with E-state index in [4.69, 9.17) is 0 Å². The highest BCUT2D eigenvalue weighted by atomic mass is 32.2. The molecule has 2 aromatic rings. The number of sulfonamides is 1. The molecular weight excluding hydrogens is 412 g/mol. The predicted molar refractivity (Wildman–Crippen MR) is 107 cm³/mol. The summed E-state index contributed by atoms with van der Waals surface area (Å²) in [4.78, 5) is 14.7. The standard InChI is InChI=1S/C21H23F2N3O3S/c22-16-10-15(11-17(23)12-16)13-24-18-4-3-7-25(14-18)8-9-26-21(27)19-5-1-2-6-20(19)30(26,28)29/h1-2,5-6,10-12,18,24H,3-4,7-9,13-14H2. The van der Waals surface area contributed by atoms with Gasteiger partial charge in [0.05, 0.1) is 12.1 Å². The van der Waals surface area contributed by atoms with Crippen LogP contribution in [0.15, 0.2) is 47.4 Å². The van der Waals surface area contributed by atoms with E-state index < -0.39 is 27.6 Å². The highest BCUT2D eigenvalue weighted by molar-refractivity contribution is 7.90. The van der Waals surface area contributed by atoms with E-state index >= 15 is 0 Å². The molecule has 1 unspecified atom stereocenters. The number of nitrogens with one attached hydrogen (secondary N) is 1. The van der Waals surface area contributed by atoms with Crippen LogP contribution in [0.2, 0.25) is 0 Å². The molecule has 0 aliphatic carbocycles. The Balaban J connectivity index is 1.33. The van der Waals surface area contributed by atoms with Crippen molar-refractivity contribution in [2.24, 2.45) is 0 Å². The number of hydrogen-bond donors (Lipinski definition) is 1. The first-order valence-electron chi connectivity index (χ1n) is 9.91. The average Bonchev–Trinajstić information content (AvgIpc) is 2.90. The number of benzene rings is 2. The maximum atomic E-state index is 13.3. The molecule has 1 N–H and O–H groups in total. The fourth-order valence-corrected chi connectivity index (χ4v) is 5.64. The fraction of sp³-hybridized carbons (Fsp3) is 0.381. The van der Waals surface area contributed by atoms with E-state index in [2.05, 4.69) is 10.2 Å². The molecule has 9 heteroatoms. The molecular formula is C21H23F2N3O3S. The second kappa shape index (κ2) is 8.41. The average molecular weight is 435 g/mol. The third kappa shape index (κ3) is 4.23. The monoisotopic (exact) mass is 435 g/mol. The number of carbonyl (C=O) groups is 1. The van der Waals surface area contributed by atoms with E-state index in [0.29, 0.717) is 25.2 Å². The smallest absolute Gasteiger partial charge is 0.269 e. The Bertz CT molecular complexity index is 1040. The van der Waals surface area contributed by atoms with Gasteiger partial charge in [0.25, 0.3) is 15.9 Å². The summed E-state index contributed by atoms with van der Waals surface area (Å²) in [6, 6.07) is 9.82. The number of carbonyl (C=O) groups excluding carboxylic acids is 1. The number of halogens is 2. The number of amides is 1. The molecule has 0 aromatic heterocycles. The Labute approximate surface area is 174 Å². The largest absolute Gasteiger partial charge is 0.309 e. The first-order valence-corrected chi connectivity index (χ1v) is 11.4. The lowest BCUT2D eigenvalue weighted by molar-refractivity contribution is 0.0852. The zero-order valence-corrected chi connectivity index (χ0v) is 17.2. The maximum Gasteiger partial charge on any atom is 0.269 e. The van der Waals surface area contributed by atoms with Gasteiger partial charge in [-0.15, -0.1) is 0 Å². The van der Waals surface area contributed by atoms with Crippen LogP contribution in [0, 0.1) is 11.6 Å². The van der Waals surface area contributed by atoms with Gasteiger partial charge in [-0.05, 0) is 49.2 Å². The molecule has 1 amide bonds. The van der Waals surface area contributed by atoms with E-state index in [1.165, 1.54) is 24.3 Å². The van der Waals surface area contributed by atoms with Crippen molar-refractivity contribution >= 4 is 15.9 Å². The molecule has 0 bridgehead atoms. The summed E-state index contributed by atoms with van der Waals surface area (Å²) in [6.45, 7) is 2.36. The Kier molecular flexibility index (Phi) is 5.86. The minimum Gasteiger partial charge on any atom is -0.309 e. The Hall–Kier alpha value is -2.36. The normalized spacial score (nSPS) is 21.1. The first kappa shape index (κ1) is 20.9. The zero-order chi connectivity index (χ0) is 21.3. The lowest BCUT2D eigenvalue weighted by atomic mass is 10.1. The Morgan fingerprint density at radius 2 is 1.80 bits per heavy atom. The molecule has 1 saturated heterocycles. The van der Waals surface area contributed by atoms with Crippen molar-refractivity contribution in [3.05, 3.63) is 65.2 Å². The van der Waals surface area contributed by atoms with Crippen LogP contribution in [0.1, 0.15) is 28.8 Å². The van der Waals surface area contributed by atoms with Crippen LogP contribution < -0.4 is 5.32 Å².